The van der Waals surface area contributed by atoms with Crippen molar-refractivity contribution in [3.63, 3.8) is 0 Å². The zero-order valence-electron chi connectivity index (χ0n) is 9.34. The van der Waals surface area contributed by atoms with Gasteiger partial charge >= 0.3 is 6.18 Å². The van der Waals surface area contributed by atoms with E-state index in [-0.39, 0.29) is 12.8 Å². The highest BCUT2D eigenvalue weighted by molar-refractivity contribution is 5.43. The van der Waals surface area contributed by atoms with Gasteiger partial charge in [-0.2, -0.15) is 13.2 Å². The largest absolute Gasteiger partial charge is 0.496 e. The van der Waals surface area contributed by atoms with Gasteiger partial charge in [-0.05, 0) is 30.0 Å². The first-order valence-corrected chi connectivity index (χ1v) is 5.31. The molecule has 94 valence electrons. The van der Waals surface area contributed by atoms with Crippen molar-refractivity contribution in [2.24, 2.45) is 0 Å². The van der Waals surface area contributed by atoms with E-state index in [2.05, 4.69) is 0 Å². The second-order valence-corrected chi connectivity index (χ2v) is 4.30. The Labute approximate surface area is 97.0 Å². The van der Waals surface area contributed by atoms with E-state index in [4.69, 9.17) is 4.74 Å². The minimum Gasteiger partial charge on any atom is -0.496 e. The maximum Gasteiger partial charge on any atom is 0.417 e. The molecule has 0 heterocycles. The van der Waals surface area contributed by atoms with Crippen LogP contribution in [0.3, 0.4) is 0 Å². The zero-order valence-corrected chi connectivity index (χ0v) is 9.34. The van der Waals surface area contributed by atoms with Crippen LogP contribution in [0.25, 0.3) is 0 Å². The van der Waals surface area contributed by atoms with E-state index >= 15 is 0 Å². The van der Waals surface area contributed by atoms with Crippen LogP contribution in [-0.4, -0.2) is 24.0 Å². The van der Waals surface area contributed by atoms with Gasteiger partial charge in [-0.25, -0.2) is 0 Å². The molecule has 0 saturated heterocycles. The van der Waals surface area contributed by atoms with Crippen LogP contribution in [0.2, 0.25) is 0 Å². The normalized spacial score (nSPS) is 24.3. The van der Waals surface area contributed by atoms with Crippen molar-refractivity contribution in [1.82, 2.24) is 0 Å². The summed E-state index contributed by atoms with van der Waals surface area (Å²) in [5, 5.41) is 9.65. The van der Waals surface area contributed by atoms with Gasteiger partial charge in [0.1, 0.15) is 5.75 Å². The molecule has 17 heavy (non-hydrogen) atoms. The molecule has 0 aromatic heterocycles. The van der Waals surface area contributed by atoms with Crippen molar-refractivity contribution in [2.75, 3.05) is 7.11 Å². The lowest BCUT2D eigenvalue weighted by molar-refractivity contribution is -0.263. The number of ether oxygens (including phenoxy) is 1. The Balaban J connectivity index is 2.38. The predicted molar refractivity (Wildman–Crippen MR) is 56.0 cm³/mol. The van der Waals surface area contributed by atoms with Crippen LogP contribution < -0.4 is 4.74 Å². The molecule has 1 aromatic carbocycles. The number of halogens is 3. The van der Waals surface area contributed by atoms with Crippen molar-refractivity contribution in [2.45, 2.75) is 31.0 Å². The molecule has 0 saturated carbocycles. The second kappa shape index (κ2) is 3.91. The van der Waals surface area contributed by atoms with Crippen LogP contribution in [0.4, 0.5) is 13.2 Å². The highest BCUT2D eigenvalue weighted by atomic mass is 19.4. The van der Waals surface area contributed by atoms with E-state index in [0.717, 1.165) is 5.56 Å². The van der Waals surface area contributed by atoms with Crippen LogP contribution in [0.1, 0.15) is 17.5 Å². The van der Waals surface area contributed by atoms with Gasteiger partial charge in [-0.3, -0.25) is 0 Å². The Bertz CT molecular complexity index is 428. The van der Waals surface area contributed by atoms with Gasteiger partial charge < -0.3 is 9.84 Å². The third-order valence-corrected chi connectivity index (χ3v) is 3.25. The molecule has 2 rings (SSSR count). The summed E-state index contributed by atoms with van der Waals surface area (Å²) >= 11 is 0. The smallest absolute Gasteiger partial charge is 0.417 e. The minimum absolute atomic E-state index is 0.176. The van der Waals surface area contributed by atoms with Crippen molar-refractivity contribution in [3.8, 4) is 5.75 Å². The Morgan fingerprint density at radius 1 is 1.35 bits per heavy atom. The van der Waals surface area contributed by atoms with Crippen molar-refractivity contribution in [1.29, 1.82) is 0 Å². The summed E-state index contributed by atoms with van der Waals surface area (Å²) < 4.78 is 43.3. The van der Waals surface area contributed by atoms with E-state index in [1.807, 2.05) is 0 Å². The molecule has 2 nitrogen and oxygen atoms in total. The Hall–Kier alpha value is -1.23. The van der Waals surface area contributed by atoms with Crippen molar-refractivity contribution in [3.05, 3.63) is 29.3 Å². The monoisotopic (exact) mass is 246 g/mol. The lowest BCUT2D eigenvalue weighted by Gasteiger charge is -2.35. The van der Waals surface area contributed by atoms with Gasteiger partial charge in [0.15, 0.2) is 5.60 Å². The molecular formula is C12H13F3O2. The molecule has 0 aliphatic heterocycles. The summed E-state index contributed by atoms with van der Waals surface area (Å²) in [5.74, 6) is 0.590. The Kier molecular flexibility index (Phi) is 2.81. The third-order valence-electron chi connectivity index (χ3n) is 3.25. The average molecular weight is 246 g/mol. The molecule has 1 atom stereocenters. The van der Waals surface area contributed by atoms with E-state index in [1.165, 1.54) is 7.11 Å². The van der Waals surface area contributed by atoms with Crippen LogP contribution in [0.15, 0.2) is 18.2 Å². The Morgan fingerprint density at radius 3 is 2.65 bits per heavy atom. The fourth-order valence-electron chi connectivity index (χ4n) is 2.23. The third kappa shape index (κ3) is 1.99. The van der Waals surface area contributed by atoms with Gasteiger partial charge in [0.25, 0.3) is 0 Å². The zero-order chi connectivity index (χ0) is 12.7. The average Bonchev–Trinajstić information content (AvgIpc) is 2.26. The van der Waals surface area contributed by atoms with Gasteiger partial charge in [0, 0.05) is 6.42 Å². The second-order valence-electron chi connectivity index (χ2n) is 4.30. The van der Waals surface area contributed by atoms with Crippen molar-refractivity contribution < 1.29 is 23.0 Å². The van der Waals surface area contributed by atoms with E-state index < -0.39 is 18.2 Å². The topological polar surface area (TPSA) is 29.5 Å². The molecule has 1 aliphatic rings. The number of benzene rings is 1. The van der Waals surface area contributed by atoms with Crippen LogP contribution in [0.5, 0.6) is 5.75 Å². The van der Waals surface area contributed by atoms with Gasteiger partial charge in [0.2, 0.25) is 0 Å². The molecular weight excluding hydrogens is 233 g/mol. The number of rotatable bonds is 1. The summed E-state index contributed by atoms with van der Waals surface area (Å²) in [5.41, 5.74) is -1.33. The number of aliphatic hydroxyl groups is 1. The molecule has 0 radical (unpaired) electrons. The lowest BCUT2D eigenvalue weighted by atomic mass is 9.79. The number of hydrogen-bond donors (Lipinski definition) is 1. The number of alkyl halides is 3. The number of fused-ring (bicyclic) bond motifs is 1. The van der Waals surface area contributed by atoms with E-state index in [1.54, 1.807) is 18.2 Å². The van der Waals surface area contributed by atoms with Gasteiger partial charge in [0.05, 0.1) is 7.11 Å². The van der Waals surface area contributed by atoms with Crippen LogP contribution in [-0.2, 0) is 12.8 Å². The van der Waals surface area contributed by atoms with Crippen molar-refractivity contribution >= 4 is 0 Å². The molecule has 1 N–H and O–H groups in total. The summed E-state index contributed by atoms with van der Waals surface area (Å²) in [7, 11) is 1.49. The summed E-state index contributed by atoms with van der Waals surface area (Å²) in [6, 6.07) is 4.96. The summed E-state index contributed by atoms with van der Waals surface area (Å²) in [6.45, 7) is 0. The fraction of sp³-hybridized carbons (Fsp3) is 0.500. The molecule has 5 heteroatoms. The number of hydrogen-bond acceptors (Lipinski definition) is 2. The molecule has 1 unspecified atom stereocenters. The van der Waals surface area contributed by atoms with E-state index in [0.29, 0.717) is 11.3 Å². The van der Waals surface area contributed by atoms with Gasteiger partial charge in [-0.15, -0.1) is 0 Å². The van der Waals surface area contributed by atoms with Gasteiger partial charge in [-0.1, -0.05) is 12.1 Å². The minimum atomic E-state index is -4.59. The maximum absolute atomic E-state index is 12.7. The highest BCUT2D eigenvalue weighted by Gasteiger charge is 2.54. The Morgan fingerprint density at radius 2 is 2.06 bits per heavy atom. The quantitative estimate of drug-likeness (QED) is 0.824. The number of methoxy groups -OCH3 is 1. The van der Waals surface area contributed by atoms with E-state index in [9.17, 15) is 18.3 Å². The van der Waals surface area contributed by atoms with Crippen LogP contribution >= 0.6 is 0 Å². The molecule has 1 aliphatic carbocycles. The molecule has 0 bridgehead atoms. The molecule has 0 spiro atoms. The fourth-order valence-corrected chi connectivity index (χ4v) is 2.23. The maximum atomic E-state index is 12.7. The summed E-state index contributed by atoms with van der Waals surface area (Å²) in [4.78, 5) is 0. The SMILES string of the molecule is COc1cccc2c1CCC(O)(C(F)(F)F)C2. The molecule has 0 amide bonds. The first kappa shape index (κ1) is 12.2. The van der Waals surface area contributed by atoms with Crippen LogP contribution in [0, 0.1) is 0 Å². The first-order valence-electron chi connectivity index (χ1n) is 5.31. The lowest BCUT2D eigenvalue weighted by Crippen LogP contribution is -2.49. The standard InChI is InChI=1S/C12H13F3O2/c1-17-10-4-2-3-8-7-11(16,12(13,14)15)6-5-9(8)10/h2-4,16H,5-7H2,1H3. The molecule has 1 aromatic rings. The first-order chi connectivity index (χ1) is 7.87. The molecule has 0 fully saturated rings. The predicted octanol–water partition coefficient (Wildman–Crippen LogP) is 2.48. The highest BCUT2D eigenvalue weighted by Crippen LogP contribution is 2.42. The summed E-state index contributed by atoms with van der Waals surface area (Å²) in [6.07, 6.45) is -5.13.